The van der Waals surface area contributed by atoms with Gasteiger partial charge < -0.3 is 4.57 Å². The van der Waals surface area contributed by atoms with Gasteiger partial charge in [-0.15, -0.1) is 0 Å². The molecule has 1 heterocycles. The van der Waals surface area contributed by atoms with Crippen LogP contribution in [0.15, 0.2) is 60.8 Å². The predicted molar refractivity (Wildman–Crippen MR) is 123 cm³/mol. The Morgan fingerprint density at radius 3 is 1.86 bits per heavy atom. The molecular weight excluding hydrogens is 352 g/mol. The van der Waals surface area contributed by atoms with Crippen LogP contribution in [0.1, 0.15) is 27.8 Å². The molecule has 0 aliphatic carbocycles. The molecule has 29 heavy (non-hydrogen) atoms. The van der Waals surface area contributed by atoms with Crippen LogP contribution in [0.4, 0.5) is 0 Å². The molecule has 1 aromatic heterocycles. The van der Waals surface area contributed by atoms with Gasteiger partial charge in [0.1, 0.15) is 5.82 Å². The van der Waals surface area contributed by atoms with E-state index in [0.29, 0.717) is 0 Å². The molecule has 146 valence electrons. The van der Waals surface area contributed by atoms with Gasteiger partial charge in [-0.2, -0.15) is 0 Å². The number of nitrogens with zero attached hydrogens (tertiary/aromatic N) is 2. The van der Waals surface area contributed by atoms with Gasteiger partial charge in [0.15, 0.2) is 0 Å². The van der Waals surface area contributed by atoms with Gasteiger partial charge in [-0.05, 0) is 68.0 Å². The number of hydrogen-bond donors (Lipinski definition) is 0. The van der Waals surface area contributed by atoms with Gasteiger partial charge in [-0.25, -0.2) is 4.98 Å². The first kappa shape index (κ1) is 19.2. The molecule has 4 aromatic rings. The van der Waals surface area contributed by atoms with Crippen molar-refractivity contribution in [1.29, 1.82) is 0 Å². The Bertz CT molecular complexity index is 1170. The van der Waals surface area contributed by atoms with Crippen LogP contribution in [0.2, 0.25) is 0 Å². The zero-order chi connectivity index (χ0) is 20.7. The first-order valence-corrected chi connectivity index (χ1v) is 10.1. The summed E-state index contributed by atoms with van der Waals surface area (Å²) in [5.41, 5.74) is 12.6. The number of benzene rings is 3. The molecule has 0 aliphatic heterocycles. The van der Waals surface area contributed by atoms with E-state index in [1.54, 1.807) is 0 Å². The lowest BCUT2D eigenvalue weighted by Gasteiger charge is -2.16. The quantitative estimate of drug-likeness (QED) is 0.375. The van der Waals surface area contributed by atoms with Crippen LogP contribution in [-0.4, -0.2) is 9.55 Å². The van der Waals surface area contributed by atoms with Gasteiger partial charge in [0.05, 0.1) is 11.9 Å². The number of aryl methyl sites for hydroxylation is 5. The summed E-state index contributed by atoms with van der Waals surface area (Å²) in [7, 11) is 2.12. The Kier molecular flexibility index (Phi) is 4.87. The Labute approximate surface area is 173 Å². The van der Waals surface area contributed by atoms with Gasteiger partial charge in [0, 0.05) is 18.2 Å². The molecule has 0 saturated carbocycles. The van der Waals surface area contributed by atoms with Crippen molar-refractivity contribution < 1.29 is 0 Å². The molecule has 0 aliphatic rings. The van der Waals surface area contributed by atoms with E-state index in [2.05, 4.69) is 101 Å². The van der Waals surface area contributed by atoms with Crippen molar-refractivity contribution in [3.05, 3.63) is 88.6 Å². The molecule has 0 radical (unpaired) electrons. The van der Waals surface area contributed by atoms with Crippen molar-refractivity contribution in [2.75, 3.05) is 0 Å². The van der Waals surface area contributed by atoms with Gasteiger partial charge in [0.2, 0.25) is 0 Å². The summed E-state index contributed by atoms with van der Waals surface area (Å²) in [5.74, 6) is 0.998. The van der Waals surface area contributed by atoms with Gasteiger partial charge >= 0.3 is 0 Å². The molecule has 2 heteroatoms. The summed E-state index contributed by atoms with van der Waals surface area (Å²) in [6.45, 7) is 10.9. The SMILES string of the molecule is Cc1cc(C)c(-c2ccccc2-c2ncc(-c3c(C)cccc3C)n2C)c(C)c1. The Morgan fingerprint density at radius 2 is 1.24 bits per heavy atom. The highest BCUT2D eigenvalue weighted by molar-refractivity contribution is 5.85. The largest absolute Gasteiger partial charge is 0.327 e. The van der Waals surface area contributed by atoms with Crippen molar-refractivity contribution in [3.63, 3.8) is 0 Å². The van der Waals surface area contributed by atoms with E-state index in [-0.39, 0.29) is 0 Å². The van der Waals surface area contributed by atoms with Crippen LogP contribution in [0.3, 0.4) is 0 Å². The maximum Gasteiger partial charge on any atom is 0.140 e. The maximum atomic E-state index is 4.87. The van der Waals surface area contributed by atoms with Crippen molar-refractivity contribution >= 4 is 0 Å². The first-order valence-electron chi connectivity index (χ1n) is 10.1. The lowest BCUT2D eigenvalue weighted by molar-refractivity contribution is 0.930. The lowest BCUT2D eigenvalue weighted by Crippen LogP contribution is -2.00. The average Bonchev–Trinajstić information content (AvgIpc) is 3.02. The second-order valence-electron chi connectivity index (χ2n) is 8.11. The third-order valence-electron chi connectivity index (χ3n) is 5.84. The second kappa shape index (κ2) is 7.36. The van der Waals surface area contributed by atoms with E-state index in [1.807, 2.05) is 6.20 Å². The standard InChI is InChI=1S/C27H28N2/c1-17-14-20(4)25(21(5)15-17)22-12-7-8-13-23(22)27-28-16-24(29(27)6)26-18(2)10-9-11-19(26)3/h7-16H,1-6H3. The minimum Gasteiger partial charge on any atom is -0.327 e. The Balaban J connectivity index is 1.93. The molecule has 0 unspecified atom stereocenters. The highest BCUT2D eigenvalue weighted by Crippen LogP contribution is 2.37. The van der Waals surface area contributed by atoms with Crippen LogP contribution >= 0.6 is 0 Å². The maximum absolute atomic E-state index is 4.87. The molecule has 4 rings (SSSR count). The van der Waals surface area contributed by atoms with Crippen LogP contribution < -0.4 is 0 Å². The molecule has 0 N–H and O–H groups in total. The molecule has 3 aromatic carbocycles. The van der Waals surface area contributed by atoms with Crippen LogP contribution in [0.5, 0.6) is 0 Å². The summed E-state index contributed by atoms with van der Waals surface area (Å²) in [6, 6.07) is 19.6. The third kappa shape index (κ3) is 3.29. The minimum atomic E-state index is 0.998. The van der Waals surface area contributed by atoms with E-state index >= 15 is 0 Å². The molecule has 0 bridgehead atoms. The molecule has 0 spiro atoms. The molecular formula is C27H28N2. The fraction of sp³-hybridized carbons (Fsp3) is 0.222. The predicted octanol–water partition coefficient (Wildman–Crippen LogP) is 6.96. The smallest absolute Gasteiger partial charge is 0.140 e. The highest BCUT2D eigenvalue weighted by atomic mass is 15.1. The average molecular weight is 381 g/mol. The van der Waals surface area contributed by atoms with Crippen molar-refractivity contribution in [3.8, 4) is 33.8 Å². The van der Waals surface area contributed by atoms with E-state index in [9.17, 15) is 0 Å². The van der Waals surface area contributed by atoms with Crippen LogP contribution in [0.25, 0.3) is 33.8 Å². The third-order valence-corrected chi connectivity index (χ3v) is 5.84. The summed E-state index contributed by atoms with van der Waals surface area (Å²) < 4.78 is 2.23. The van der Waals surface area contributed by atoms with Gasteiger partial charge in [-0.3, -0.25) is 0 Å². The van der Waals surface area contributed by atoms with Crippen molar-refractivity contribution in [2.45, 2.75) is 34.6 Å². The molecule has 0 saturated heterocycles. The molecule has 2 nitrogen and oxygen atoms in total. The Hall–Kier alpha value is -3.13. The van der Waals surface area contributed by atoms with Gasteiger partial charge in [0.25, 0.3) is 0 Å². The molecule has 0 atom stereocenters. The van der Waals surface area contributed by atoms with E-state index in [1.165, 1.54) is 50.1 Å². The van der Waals surface area contributed by atoms with Crippen molar-refractivity contribution in [1.82, 2.24) is 9.55 Å². The normalized spacial score (nSPS) is 11.1. The fourth-order valence-electron chi connectivity index (χ4n) is 4.61. The van der Waals surface area contributed by atoms with E-state index in [4.69, 9.17) is 4.98 Å². The zero-order valence-corrected chi connectivity index (χ0v) is 18.2. The second-order valence-corrected chi connectivity index (χ2v) is 8.11. The zero-order valence-electron chi connectivity index (χ0n) is 18.2. The fourth-order valence-corrected chi connectivity index (χ4v) is 4.61. The van der Waals surface area contributed by atoms with E-state index in [0.717, 1.165) is 11.5 Å². The van der Waals surface area contributed by atoms with Crippen LogP contribution in [-0.2, 0) is 7.05 Å². The van der Waals surface area contributed by atoms with Gasteiger partial charge in [-0.1, -0.05) is 60.2 Å². The summed E-state index contributed by atoms with van der Waals surface area (Å²) >= 11 is 0. The first-order chi connectivity index (χ1) is 13.9. The lowest BCUT2D eigenvalue weighted by atomic mass is 9.90. The number of rotatable bonds is 3. The monoisotopic (exact) mass is 380 g/mol. The number of aromatic nitrogens is 2. The molecule has 0 fully saturated rings. The summed E-state index contributed by atoms with van der Waals surface area (Å²) in [4.78, 5) is 4.87. The summed E-state index contributed by atoms with van der Waals surface area (Å²) in [6.07, 6.45) is 2.01. The van der Waals surface area contributed by atoms with Crippen molar-refractivity contribution in [2.24, 2.45) is 7.05 Å². The highest BCUT2D eigenvalue weighted by Gasteiger charge is 2.18. The van der Waals surface area contributed by atoms with E-state index < -0.39 is 0 Å². The number of hydrogen-bond acceptors (Lipinski definition) is 1. The minimum absolute atomic E-state index is 0.998. The Morgan fingerprint density at radius 1 is 0.655 bits per heavy atom. The van der Waals surface area contributed by atoms with Crippen LogP contribution in [0, 0.1) is 34.6 Å². The topological polar surface area (TPSA) is 17.8 Å². The molecule has 0 amide bonds. The number of imidazole rings is 1. The summed E-state index contributed by atoms with van der Waals surface area (Å²) in [5, 5.41) is 0.